The van der Waals surface area contributed by atoms with Crippen LogP contribution < -0.4 is 10.1 Å². The topological polar surface area (TPSA) is 102 Å². The number of carbonyl (C=O) groups excluding carboxylic acids is 2. The van der Waals surface area contributed by atoms with E-state index in [1.807, 2.05) is 18.2 Å². The quantitative estimate of drug-likeness (QED) is 0.388. The summed E-state index contributed by atoms with van der Waals surface area (Å²) in [5.41, 5.74) is 1.22. The largest absolute Gasteiger partial charge is 0.494 e. The van der Waals surface area contributed by atoms with Gasteiger partial charge in [-0.15, -0.1) is 0 Å². The van der Waals surface area contributed by atoms with E-state index in [1.165, 1.54) is 31.7 Å². The van der Waals surface area contributed by atoms with Crippen molar-refractivity contribution in [2.24, 2.45) is 0 Å². The first kappa shape index (κ1) is 24.1. The van der Waals surface area contributed by atoms with Gasteiger partial charge in [0.2, 0.25) is 5.91 Å². The molecule has 0 radical (unpaired) electrons. The molecule has 1 heterocycles. The van der Waals surface area contributed by atoms with Crippen LogP contribution >= 0.6 is 0 Å². The Balaban J connectivity index is 1.62. The summed E-state index contributed by atoms with van der Waals surface area (Å²) >= 11 is 0. The first-order chi connectivity index (χ1) is 14.3. The highest BCUT2D eigenvalue weighted by atomic mass is 32.2. The number of rotatable bonds is 12. The molecule has 1 fully saturated rings. The molecule has 9 heteroatoms. The van der Waals surface area contributed by atoms with Crippen molar-refractivity contribution in [3.05, 3.63) is 29.8 Å². The van der Waals surface area contributed by atoms with E-state index in [2.05, 4.69) is 21.0 Å². The number of nitrogens with zero attached hydrogens (tertiary/aromatic N) is 1. The number of piperidine rings is 1. The molecule has 0 aromatic heterocycles. The Morgan fingerprint density at radius 2 is 1.90 bits per heavy atom. The molecule has 1 aromatic carbocycles. The second kappa shape index (κ2) is 12.5. The zero-order valence-electron chi connectivity index (χ0n) is 17.6. The van der Waals surface area contributed by atoms with E-state index >= 15 is 0 Å². The molecule has 0 bridgehead atoms. The molecule has 1 aliphatic heterocycles. The molecule has 168 valence electrons. The molecule has 0 atom stereocenters. The Labute approximate surface area is 178 Å². The Morgan fingerprint density at radius 3 is 2.63 bits per heavy atom. The molecule has 0 saturated carbocycles. The van der Waals surface area contributed by atoms with Crippen LogP contribution in [0.15, 0.2) is 24.3 Å². The maximum Gasteiger partial charge on any atom is 0.302 e. The van der Waals surface area contributed by atoms with Crippen LogP contribution in [0.5, 0.6) is 5.75 Å². The maximum atomic E-state index is 11.8. The highest BCUT2D eigenvalue weighted by Gasteiger charge is 2.17. The molecule has 2 rings (SSSR count). The van der Waals surface area contributed by atoms with Gasteiger partial charge in [0.25, 0.3) is 0 Å². The van der Waals surface area contributed by atoms with Crippen LogP contribution in [0.2, 0.25) is 0 Å². The minimum absolute atomic E-state index is 0.240. The van der Waals surface area contributed by atoms with E-state index in [0.717, 1.165) is 25.4 Å². The molecule has 1 aliphatic rings. The van der Waals surface area contributed by atoms with Crippen molar-refractivity contribution >= 4 is 21.7 Å². The number of esters is 1. The zero-order valence-corrected chi connectivity index (χ0v) is 18.4. The highest BCUT2D eigenvalue weighted by molar-refractivity contribution is 7.92. The maximum absolute atomic E-state index is 11.8. The lowest BCUT2D eigenvalue weighted by Gasteiger charge is -2.26. The third-order valence-electron chi connectivity index (χ3n) is 4.72. The van der Waals surface area contributed by atoms with Gasteiger partial charge in [0.05, 0.1) is 12.4 Å². The van der Waals surface area contributed by atoms with Crippen molar-refractivity contribution < 1.29 is 27.5 Å². The Morgan fingerprint density at radius 1 is 1.13 bits per heavy atom. The summed E-state index contributed by atoms with van der Waals surface area (Å²) in [6.07, 6.45) is 4.40. The van der Waals surface area contributed by atoms with Crippen molar-refractivity contribution in [1.29, 1.82) is 0 Å². The van der Waals surface area contributed by atoms with E-state index < -0.39 is 27.5 Å². The second-order valence-corrected chi connectivity index (χ2v) is 9.65. The second-order valence-electron chi connectivity index (χ2n) is 7.47. The van der Waals surface area contributed by atoms with Gasteiger partial charge in [-0.1, -0.05) is 18.6 Å². The number of carbonyl (C=O) groups is 2. The summed E-state index contributed by atoms with van der Waals surface area (Å²) in [4.78, 5) is 24.9. The van der Waals surface area contributed by atoms with Gasteiger partial charge < -0.3 is 14.8 Å². The van der Waals surface area contributed by atoms with Gasteiger partial charge in [0.15, 0.2) is 9.84 Å². The van der Waals surface area contributed by atoms with Gasteiger partial charge in [-0.2, -0.15) is 0 Å². The lowest BCUT2D eigenvalue weighted by Crippen LogP contribution is -2.33. The zero-order chi connectivity index (χ0) is 21.8. The molecule has 8 nitrogen and oxygen atoms in total. The highest BCUT2D eigenvalue weighted by Crippen LogP contribution is 2.17. The normalized spacial score (nSPS) is 14.8. The monoisotopic (exact) mass is 440 g/mol. The molecule has 1 amide bonds. The Hall–Kier alpha value is -2.13. The average molecular weight is 441 g/mol. The van der Waals surface area contributed by atoms with Crippen molar-refractivity contribution in [1.82, 2.24) is 10.2 Å². The molecule has 30 heavy (non-hydrogen) atoms. The molecule has 1 N–H and O–H groups in total. The summed E-state index contributed by atoms with van der Waals surface area (Å²) in [6.45, 7) is 4.92. The van der Waals surface area contributed by atoms with Crippen LogP contribution in [0, 0.1) is 0 Å². The van der Waals surface area contributed by atoms with Crippen molar-refractivity contribution in [3.8, 4) is 5.75 Å². The van der Waals surface area contributed by atoms with Crippen LogP contribution in [0.1, 0.15) is 38.2 Å². The van der Waals surface area contributed by atoms with Gasteiger partial charge in [-0.05, 0) is 50.0 Å². The SMILES string of the molecule is CC(=O)OCCS(=O)(=O)CC(=O)NCCCOc1cccc(CN2CCCCC2)c1. The average Bonchev–Trinajstić information content (AvgIpc) is 2.68. The van der Waals surface area contributed by atoms with Gasteiger partial charge in [-0.3, -0.25) is 14.5 Å². The Bertz CT molecular complexity index is 790. The van der Waals surface area contributed by atoms with Crippen molar-refractivity contribution in [2.45, 2.75) is 39.2 Å². The van der Waals surface area contributed by atoms with E-state index in [1.54, 1.807) is 0 Å². The number of ether oxygens (including phenoxy) is 2. The summed E-state index contributed by atoms with van der Waals surface area (Å²) in [6, 6.07) is 8.04. The molecule has 0 spiro atoms. The lowest BCUT2D eigenvalue weighted by molar-refractivity contribution is -0.140. The minimum atomic E-state index is -3.60. The fraction of sp³-hybridized carbons (Fsp3) is 0.619. The van der Waals surface area contributed by atoms with Gasteiger partial charge in [-0.25, -0.2) is 8.42 Å². The van der Waals surface area contributed by atoms with Crippen LogP contribution in [0.4, 0.5) is 0 Å². The van der Waals surface area contributed by atoms with Crippen LogP contribution in [-0.2, 0) is 30.7 Å². The minimum Gasteiger partial charge on any atom is -0.494 e. The number of nitrogens with one attached hydrogen (secondary N) is 1. The van der Waals surface area contributed by atoms with Gasteiger partial charge in [0.1, 0.15) is 18.1 Å². The van der Waals surface area contributed by atoms with Gasteiger partial charge in [0, 0.05) is 20.0 Å². The van der Waals surface area contributed by atoms with Crippen LogP contribution in [0.3, 0.4) is 0 Å². The van der Waals surface area contributed by atoms with Gasteiger partial charge >= 0.3 is 5.97 Å². The summed E-state index contributed by atoms with van der Waals surface area (Å²) < 4.78 is 33.9. The lowest BCUT2D eigenvalue weighted by atomic mass is 10.1. The number of hydrogen-bond acceptors (Lipinski definition) is 7. The predicted octanol–water partition coefficient (Wildman–Crippen LogP) is 1.54. The summed E-state index contributed by atoms with van der Waals surface area (Å²) in [5.74, 6) is -1.30. The summed E-state index contributed by atoms with van der Waals surface area (Å²) in [7, 11) is -3.60. The van der Waals surface area contributed by atoms with Crippen molar-refractivity contribution in [3.63, 3.8) is 0 Å². The van der Waals surface area contributed by atoms with Crippen LogP contribution in [0.25, 0.3) is 0 Å². The third-order valence-corrected chi connectivity index (χ3v) is 6.21. The fourth-order valence-electron chi connectivity index (χ4n) is 3.23. The number of benzene rings is 1. The number of sulfone groups is 1. The molecule has 0 unspecified atom stereocenters. The number of amides is 1. The smallest absolute Gasteiger partial charge is 0.302 e. The van der Waals surface area contributed by atoms with Crippen LogP contribution in [-0.4, -0.2) is 69.5 Å². The van der Waals surface area contributed by atoms with E-state index in [0.29, 0.717) is 19.6 Å². The van der Waals surface area contributed by atoms with E-state index in [9.17, 15) is 18.0 Å². The fourth-order valence-corrected chi connectivity index (χ4v) is 4.22. The first-order valence-electron chi connectivity index (χ1n) is 10.4. The van der Waals surface area contributed by atoms with Crippen molar-refractivity contribution in [2.75, 3.05) is 44.4 Å². The number of likely N-dealkylation sites (tertiary alicyclic amines) is 1. The standard InChI is InChI=1S/C21H32N2O6S/c1-18(24)28-13-14-30(26,27)17-21(25)22-9-6-12-29-20-8-5-7-19(15-20)16-23-10-3-2-4-11-23/h5,7-8,15H,2-4,6,9-14,16-17H2,1H3,(H,22,25). The predicted molar refractivity (Wildman–Crippen MR) is 114 cm³/mol. The summed E-state index contributed by atoms with van der Waals surface area (Å²) in [5, 5.41) is 2.58. The van der Waals surface area contributed by atoms with E-state index in [4.69, 9.17) is 4.74 Å². The third kappa shape index (κ3) is 10.1. The van der Waals surface area contributed by atoms with E-state index in [-0.39, 0.29) is 12.4 Å². The first-order valence-corrected chi connectivity index (χ1v) is 12.2. The Kier molecular flexibility index (Phi) is 10.1. The number of hydrogen-bond donors (Lipinski definition) is 1. The molecule has 0 aliphatic carbocycles. The molecule has 1 aromatic rings. The molecular weight excluding hydrogens is 408 g/mol. The molecular formula is C21H32N2O6S. The molecule has 1 saturated heterocycles.